The number of para-hydroxylation sites is 1. The van der Waals surface area contributed by atoms with E-state index in [-0.39, 0.29) is 29.1 Å². The number of amides is 2. The van der Waals surface area contributed by atoms with Crippen LogP contribution in [-0.4, -0.2) is 111 Å². The minimum Gasteiger partial charge on any atom is -0.442 e. The number of piperidine rings is 2. The summed E-state index contributed by atoms with van der Waals surface area (Å²) in [6.07, 6.45) is 13.5. The molecule has 1 atom stereocenters. The monoisotopic (exact) mass is 642 g/mol. The van der Waals surface area contributed by atoms with Crippen LogP contribution in [0.4, 0.5) is 10.5 Å². The van der Waals surface area contributed by atoms with Gasteiger partial charge >= 0.3 is 6.09 Å². The summed E-state index contributed by atoms with van der Waals surface area (Å²) in [7, 11) is -2.99. The number of benzene rings is 1. The third-order valence-electron chi connectivity index (χ3n) is 11.6. The highest BCUT2D eigenvalue weighted by Crippen LogP contribution is 2.42. The van der Waals surface area contributed by atoms with Crippen LogP contribution >= 0.6 is 0 Å². The van der Waals surface area contributed by atoms with Crippen molar-refractivity contribution < 1.29 is 22.7 Å². The number of carbonyl (C=O) groups excluding carboxylic acids is 2. The molecule has 250 valence electrons. The number of sulfone groups is 1. The standard InChI is InChI=1S/C35H54N4O5S/c1-2-3-11-29-27-39(26-28-9-5-4-6-10-28)34(41)44-35(29)16-20-36(21-17-35)30-14-18-38(19-15-30)33(40)31-12-7-8-13-32(31)37-22-24-45(42,43)25-23-37/h7-8,12-13,28-30H,2-6,9-11,14-27H2,1H3. The number of hydrogen-bond donors (Lipinski definition) is 0. The minimum absolute atomic E-state index is 0.0424. The SMILES string of the molecule is CCCCC1CN(CC2CCCCC2)C(=O)OC12CCN(C1CCN(C(=O)c3ccccc3N3CCS(=O)(=O)CC3)CC1)CC2. The second-order valence-electron chi connectivity index (χ2n) is 14.4. The van der Waals surface area contributed by atoms with Gasteiger partial charge in [0.05, 0.1) is 17.1 Å². The molecule has 1 unspecified atom stereocenters. The van der Waals surface area contributed by atoms with Gasteiger partial charge in [-0.2, -0.15) is 0 Å². The van der Waals surface area contributed by atoms with Crippen molar-refractivity contribution in [3.05, 3.63) is 29.8 Å². The number of rotatable bonds is 8. The summed E-state index contributed by atoms with van der Waals surface area (Å²) in [5, 5.41) is 0. The molecule has 4 saturated heterocycles. The van der Waals surface area contributed by atoms with E-state index >= 15 is 0 Å². The summed E-state index contributed by atoms with van der Waals surface area (Å²) in [5.74, 6) is 1.34. The van der Waals surface area contributed by atoms with Crippen LogP contribution < -0.4 is 4.90 Å². The van der Waals surface area contributed by atoms with Gasteiger partial charge in [-0.25, -0.2) is 13.2 Å². The highest BCUT2D eigenvalue weighted by atomic mass is 32.2. The molecule has 1 aliphatic carbocycles. The first-order chi connectivity index (χ1) is 21.8. The molecule has 1 saturated carbocycles. The number of nitrogens with zero attached hydrogens (tertiary/aromatic N) is 4. The number of likely N-dealkylation sites (tertiary alicyclic amines) is 2. The van der Waals surface area contributed by atoms with Gasteiger partial charge in [-0.3, -0.25) is 9.69 Å². The Morgan fingerprint density at radius 3 is 2.31 bits per heavy atom. The van der Waals surface area contributed by atoms with E-state index in [0.29, 0.717) is 36.5 Å². The smallest absolute Gasteiger partial charge is 0.410 e. The van der Waals surface area contributed by atoms with Crippen LogP contribution in [0.1, 0.15) is 94.3 Å². The fraction of sp³-hybridized carbons (Fsp3) is 0.771. The first-order valence-corrected chi connectivity index (χ1v) is 19.6. The highest BCUT2D eigenvalue weighted by Gasteiger charge is 2.50. The molecule has 0 aromatic heterocycles. The molecular formula is C35H54N4O5S. The van der Waals surface area contributed by atoms with Gasteiger partial charge in [0.25, 0.3) is 5.91 Å². The van der Waals surface area contributed by atoms with Gasteiger partial charge in [0.15, 0.2) is 9.84 Å². The maximum absolute atomic E-state index is 13.7. The van der Waals surface area contributed by atoms with Gasteiger partial charge in [0.1, 0.15) is 5.60 Å². The molecule has 1 aromatic rings. The van der Waals surface area contributed by atoms with E-state index in [1.54, 1.807) is 0 Å². The summed E-state index contributed by atoms with van der Waals surface area (Å²) in [5.41, 5.74) is 1.18. The minimum atomic E-state index is -2.99. The lowest BCUT2D eigenvalue weighted by atomic mass is 9.75. The van der Waals surface area contributed by atoms with Crippen LogP contribution in [0.15, 0.2) is 24.3 Å². The van der Waals surface area contributed by atoms with Crippen molar-refractivity contribution >= 4 is 27.5 Å². The molecule has 5 aliphatic rings. The maximum Gasteiger partial charge on any atom is 0.410 e. The Bertz CT molecular complexity index is 1270. The molecule has 1 aromatic carbocycles. The summed E-state index contributed by atoms with van der Waals surface area (Å²) in [6, 6.07) is 8.09. The van der Waals surface area contributed by atoms with Crippen molar-refractivity contribution in [1.29, 1.82) is 0 Å². The molecule has 2 amide bonds. The van der Waals surface area contributed by atoms with Crippen LogP contribution in [0.2, 0.25) is 0 Å². The molecule has 6 rings (SSSR count). The van der Waals surface area contributed by atoms with Gasteiger partial charge in [-0.15, -0.1) is 0 Å². The Hall–Kier alpha value is -2.33. The molecule has 0 radical (unpaired) electrons. The van der Waals surface area contributed by atoms with E-state index in [1.165, 1.54) is 38.5 Å². The van der Waals surface area contributed by atoms with Gasteiger partial charge in [0, 0.05) is 82.8 Å². The predicted molar refractivity (Wildman–Crippen MR) is 177 cm³/mol. The zero-order chi connectivity index (χ0) is 31.4. The zero-order valence-electron chi connectivity index (χ0n) is 27.3. The zero-order valence-corrected chi connectivity index (χ0v) is 28.2. The number of unbranched alkanes of at least 4 members (excludes halogenated alkanes) is 1. The van der Waals surface area contributed by atoms with E-state index in [1.807, 2.05) is 39.0 Å². The third kappa shape index (κ3) is 7.47. The van der Waals surface area contributed by atoms with Crippen molar-refractivity contribution in [1.82, 2.24) is 14.7 Å². The first-order valence-electron chi connectivity index (χ1n) is 17.8. The van der Waals surface area contributed by atoms with Crippen LogP contribution in [0, 0.1) is 11.8 Å². The fourth-order valence-electron chi connectivity index (χ4n) is 8.73. The van der Waals surface area contributed by atoms with E-state index in [4.69, 9.17) is 4.74 Å². The Morgan fingerprint density at radius 2 is 1.62 bits per heavy atom. The fourth-order valence-corrected chi connectivity index (χ4v) is 9.93. The molecule has 5 fully saturated rings. The third-order valence-corrected chi connectivity index (χ3v) is 13.2. The highest BCUT2D eigenvalue weighted by molar-refractivity contribution is 7.91. The normalized spacial score (nSPS) is 26.6. The molecular weight excluding hydrogens is 588 g/mol. The first kappa shape index (κ1) is 32.6. The lowest BCUT2D eigenvalue weighted by molar-refractivity contribution is -0.127. The molecule has 9 nitrogen and oxygen atoms in total. The molecule has 10 heteroatoms. The maximum atomic E-state index is 13.7. The van der Waals surface area contributed by atoms with E-state index < -0.39 is 9.84 Å². The molecule has 0 bridgehead atoms. The lowest BCUT2D eigenvalue weighted by Crippen LogP contribution is -2.61. The molecule has 1 spiro atoms. The van der Waals surface area contributed by atoms with Crippen molar-refractivity contribution in [3.8, 4) is 0 Å². The Labute approximate surface area is 270 Å². The van der Waals surface area contributed by atoms with Crippen molar-refractivity contribution in [2.24, 2.45) is 11.8 Å². The van der Waals surface area contributed by atoms with Gasteiger partial charge in [-0.1, -0.05) is 51.2 Å². The molecule has 4 heterocycles. The number of ether oxygens (including phenoxy) is 1. The summed E-state index contributed by atoms with van der Waals surface area (Å²) in [4.78, 5) is 35.7. The van der Waals surface area contributed by atoms with Gasteiger partial charge in [-0.05, 0) is 50.2 Å². The van der Waals surface area contributed by atoms with Crippen molar-refractivity contribution in [2.45, 2.75) is 95.6 Å². The average molecular weight is 643 g/mol. The Kier molecular flexibility index (Phi) is 10.3. The topological polar surface area (TPSA) is 90.5 Å². The van der Waals surface area contributed by atoms with Crippen LogP contribution in [0.3, 0.4) is 0 Å². The van der Waals surface area contributed by atoms with E-state index in [9.17, 15) is 18.0 Å². The quantitative estimate of drug-likeness (QED) is 0.385. The average Bonchev–Trinajstić information content (AvgIpc) is 3.06. The summed E-state index contributed by atoms with van der Waals surface area (Å²) < 4.78 is 30.4. The van der Waals surface area contributed by atoms with E-state index in [2.05, 4.69) is 11.8 Å². The van der Waals surface area contributed by atoms with Crippen molar-refractivity contribution in [2.75, 3.05) is 68.8 Å². The second kappa shape index (κ2) is 14.2. The molecule has 0 N–H and O–H groups in total. The van der Waals surface area contributed by atoms with Crippen LogP contribution in [0.5, 0.6) is 0 Å². The molecule has 45 heavy (non-hydrogen) atoms. The number of anilines is 1. The van der Waals surface area contributed by atoms with Gasteiger partial charge < -0.3 is 19.4 Å². The Morgan fingerprint density at radius 1 is 0.933 bits per heavy atom. The van der Waals surface area contributed by atoms with E-state index in [0.717, 1.165) is 83.5 Å². The number of hydrogen-bond acceptors (Lipinski definition) is 7. The van der Waals surface area contributed by atoms with Crippen LogP contribution in [0.25, 0.3) is 0 Å². The van der Waals surface area contributed by atoms with Gasteiger partial charge in [0.2, 0.25) is 0 Å². The summed E-state index contributed by atoms with van der Waals surface area (Å²) in [6.45, 7) is 8.15. The largest absolute Gasteiger partial charge is 0.442 e. The molecule has 4 aliphatic heterocycles. The Balaban J connectivity index is 1.03. The van der Waals surface area contributed by atoms with Crippen LogP contribution in [-0.2, 0) is 14.6 Å². The lowest BCUT2D eigenvalue weighted by Gasteiger charge is -2.52. The summed E-state index contributed by atoms with van der Waals surface area (Å²) >= 11 is 0. The number of carbonyl (C=O) groups is 2. The second-order valence-corrected chi connectivity index (χ2v) is 16.7. The predicted octanol–water partition coefficient (Wildman–Crippen LogP) is 5.20. The van der Waals surface area contributed by atoms with Crippen molar-refractivity contribution in [3.63, 3.8) is 0 Å².